The van der Waals surface area contributed by atoms with Crippen LogP contribution < -0.4 is 5.32 Å². The van der Waals surface area contributed by atoms with E-state index >= 15 is 0 Å². The summed E-state index contributed by atoms with van der Waals surface area (Å²) in [5, 5.41) is 2.78. The van der Waals surface area contributed by atoms with Crippen molar-refractivity contribution in [1.29, 1.82) is 0 Å². The van der Waals surface area contributed by atoms with Crippen LogP contribution in [0.3, 0.4) is 0 Å². The number of pyridine rings is 1. The van der Waals surface area contributed by atoms with Crippen molar-refractivity contribution in [1.82, 2.24) is 15.2 Å². The summed E-state index contributed by atoms with van der Waals surface area (Å²) in [5.74, 6) is -0.204. The summed E-state index contributed by atoms with van der Waals surface area (Å²) in [6, 6.07) is 1.16. The largest absolute Gasteiger partial charge is 0.352 e. The summed E-state index contributed by atoms with van der Waals surface area (Å²) >= 11 is 0. The molecule has 0 aliphatic carbocycles. The Kier molecular flexibility index (Phi) is 5.58. The van der Waals surface area contributed by atoms with Crippen LogP contribution in [0.5, 0.6) is 0 Å². The van der Waals surface area contributed by atoms with Gasteiger partial charge in [-0.05, 0) is 18.4 Å². The Hall–Kier alpha value is -1.96. The first kappa shape index (κ1) is 18.4. The zero-order chi connectivity index (χ0) is 17.9. The fourth-order valence-electron chi connectivity index (χ4n) is 2.53. The molecule has 1 aromatic heterocycles. The normalized spacial score (nSPS) is 19.2. The SMILES string of the molecule is CC(C)CNC(=O)c1cncc(C(=O)N(C)C2CCS(=O)(=O)C2)c1. The van der Waals surface area contributed by atoms with E-state index < -0.39 is 9.84 Å². The van der Waals surface area contributed by atoms with Crippen molar-refractivity contribution in [2.75, 3.05) is 25.1 Å². The first-order chi connectivity index (χ1) is 11.2. The average molecular weight is 353 g/mol. The molecule has 1 fully saturated rings. The van der Waals surface area contributed by atoms with Gasteiger partial charge in [0.15, 0.2) is 9.84 Å². The van der Waals surface area contributed by atoms with Gasteiger partial charge in [0.25, 0.3) is 11.8 Å². The van der Waals surface area contributed by atoms with E-state index in [1.165, 1.54) is 23.4 Å². The van der Waals surface area contributed by atoms with Gasteiger partial charge in [-0.15, -0.1) is 0 Å². The Balaban J connectivity index is 2.10. The Morgan fingerprint density at radius 2 is 2.00 bits per heavy atom. The quantitative estimate of drug-likeness (QED) is 0.842. The van der Waals surface area contributed by atoms with Crippen molar-refractivity contribution in [2.45, 2.75) is 26.3 Å². The summed E-state index contributed by atoms with van der Waals surface area (Å²) in [6.45, 7) is 4.52. The van der Waals surface area contributed by atoms with Crippen LogP contribution in [0.15, 0.2) is 18.5 Å². The third kappa shape index (κ3) is 4.53. The van der Waals surface area contributed by atoms with E-state index in [-0.39, 0.29) is 34.9 Å². The number of nitrogens with zero attached hydrogens (tertiary/aromatic N) is 2. The van der Waals surface area contributed by atoms with E-state index in [2.05, 4.69) is 10.3 Å². The van der Waals surface area contributed by atoms with Crippen LogP contribution in [0.25, 0.3) is 0 Å². The highest BCUT2D eigenvalue weighted by Crippen LogP contribution is 2.18. The van der Waals surface area contributed by atoms with Crippen molar-refractivity contribution in [3.05, 3.63) is 29.6 Å². The van der Waals surface area contributed by atoms with Gasteiger partial charge < -0.3 is 10.2 Å². The van der Waals surface area contributed by atoms with Gasteiger partial charge in [-0.2, -0.15) is 0 Å². The third-order valence-electron chi connectivity index (χ3n) is 3.99. The molecular formula is C16H23N3O4S. The second kappa shape index (κ2) is 7.29. The molecule has 1 atom stereocenters. The van der Waals surface area contributed by atoms with E-state index in [0.29, 0.717) is 24.4 Å². The summed E-state index contributed by atoms with van der Waals surface area (Å²) < 4.78 is 23.1. The van der Waals surface area contributed by atoms with Crippen LogP contribution in [0.4, 0.5) is 0 Å². The molecule has 2 heterocycles. The van der Waals surface area contributed by atoms with Crippen LogP contribution >= 0.6 is 0 Å². The molecule has 1 N–H and O–H groups in total. The molecule has 2 amide bonds. The predicted molar refractivity (Wildman–Crippen MR) is 90.6 cm³/mol. The number of rotatable bonds is 5. The summed E-state index contributed by atoms with van der Waals surface area (Å²) in [5.41, 5.74) is 0.591. The van der Waals surface area contributed by atoms with E-state index in [1.54, 1.807) is 7.05 Å². The van der Waals surface area contributed by atoms with Crippen LogP contribution in [0.2, 0.25) is 0 Å². The molecule has 0 bridgehead atoms. The van der Waals surface area contributed by atoms with Gasteiger partial charge in [0.2, 0.25) is 0 Å². The molecule has 1 saturated heterocycles. The molecule has 8 heteroatoms. The molecular weight excluding hydrogens is 330 g/mol. The predicted octanol–water partition coefficient (Wildman–Crippen LogP) is 0.727. The first-order valence-corrected chi connectivity index (χ1v) is 9.72. The molecule has 0 radical (unpaired) electrons. The number of amides is 2. The zero-order valence-corrected chi connectivity index (χ0v) is 15.0. The van der Waals surface area contributed by atoms with Gasteiger partial charge in [-0.1, -0.05) is 13.8 Å². The lowest BCUT2D eigenvalue weighted by Gasteiger charge is -2.23. The van der Waals surface area contributed by atoms with E-state index in [1.807, 2.05) is 13.8 Å². The Bertz CT molecular complexity index is 731. The van der Waals surface area contributed by atoms with Gasteiger partial charge >= 0.3 is 0 Å². The molecule has 2 rings (SSSR count). The monoisotopic (exact) mass is 353 g/mol. The molecule has 1 aliphatic heterocycles. The fourth-order valence-corrected chi connectivity index (χ4v) is 4.30. The van der Waals surface area contributed by atoms with Crippen LogP contribution in [-0.4, -0.2) is 61.3 Å². The lowest BCUT2D eigenvalue weighted by atomic mass is 10.1. The van der Waals surface area contributed by atoms with Crippen molar-refractivity contribution in [2.24, 2.45) is 5.92 Å². The molecule has 7 nitrogen and oxygen atoms in total. The van der Waals surface area contributed by atoms with Crippen LogP contribution in [0.1, 0.15) is 41.0 Å². The minimum Gasteiger partial charge on any atom is -0.352 e. The standard InChI is InChI=1S/C16H23N3O4S/c1-11(2)7-18-15(20)12-6-13(9-17-8-12)16(21)19(3)14-4-5-24(22,23)10-14/h6,8-9,11,14H,4-5,7,10H2,1-3H3,(H,18,20). The molecule has 132 valence electrons. The number of aromatic nitrogens is 1. The van der Waals surface area contributed by atoms with Crippen LogP contribution in [-0.2, 0) is 9.84 Å². The van der Waals surface area contributed by atoms with E-state index in [0.717, 1.165) is 0 Å². The van der Waals surface area contributed by atoms with Crippen molar-refractivity contribution in [3.63, 3.8) is 0 Å². The van der Waals surface area contributed by atoms with E-state index in [9.17, 15) is 18.0 Å². The van der Waals surface area contributed by atoms with Crippen LogP contribution in [0, 0.1) is 5.92 Å². The maximum absolute atomic E-state index is 12.5. The molecule has 0 saturated carbocycles. The highest BCUT2D eigenvalue weighted by atomic mass is 32.2. The zero-order valence-electron chi connectivity index (χ0n) is 14.2. The van der Waals surface area contributed by atoms with Gasteiger partial charge in [-0.3, -0.25) is 14.6 Å². The van der Waals surface area contributed by atoms with Gasteiger partial charge in [0, 0.05) is 32.0 Å². The lowest BCUT2D eigenvalue weighted by molar-refractivity contribution is 0.0747. The Morgan fingerprint density at radius 3 is 2.58 bits per heavy atom. The average Bonchev–Trinajstić information content (AvgIpc) is 2.91. The Morgan fingerprint density at radius 1 is 1.33 bits per heavy atom. The molecule has 1 aliphatic rings. The van der Waals surface area contributed by atoms with Gasteiger partial charge in [-0.25, -0.2) is 8.42 Å². The van der Waals surface area contributed by atoms with E-state index in [4.69, 9.17) is 0 Å². The second-order valence-electron chi connectivity index (χ2n) is 6.54. The third-order valence-corrected chi connectivity index (χ3v) is 5.75. The molecule has 24 heavy (non-hydrogen) atoms. The number of sulfone groups is 1. The molecule has 1 unspecified atom stereocenters. The summed E-state index contributed by atoms with van der Waals surface area (Å²) in [7, 11) is -1.48. The summed E-state index contributed by atoms with van der Waals surface area (Å²) in [6.07, 6.45) is 3.24. The maximum atomic E-state index is 12.5. The lowest BCUT2D eigenvalue weighted by Crippen LogP contribution is -2.38. The van der Waals surface area contributed by atoms with Gasteiger partial charge in [0.1, 0.15) is 0 Å². The molecule has 1 aromatic rings. The second-order valence-corrected chi connectivity index (χ2v) is 8.77. The number of carbonyl (C=O) groups is 2. The molecule has 0 spiro atoms. The van der Waals surface area contributed by atoms with Crippen molar-refractivity contribution < 1.29 is 18.0 Å². The first-order valence-electron chi connectivity index (χ1n) is 7.90. The number of hydrogen-bond donors (Lipinski definition) is 1. The minimum absolute atomic E-state index is 0.0166. The van der Waals surface area contributed by atoms with Crippen molar-refractivity contribution in [3.8, 4) is 0 Å². The Labute approximate surface area is 142 Å². The summed E-state index contributed by atoms with van der Waals surface area (Å²) in [4.78, 5) is 30.0. The topological polar surface area (TPSA) is 96.4 Å². The van der Waals surface area contributed by atoms with Crippen molar-refractivity contribution >= 4 is 21.7 Å². The fraction of sp³-hybridized carbons (Fsp3) is 0.562. The smallest absolute Gasteiger partial charge is 0.255 e. The number of carbonyl (C=O) groups excluding carboxylic acids is 2. The number of nitrogens with one attached hydrogen (secondary N) is 1. The highest BCUT2D eigenvalue weighted by Gasteiger charge is 2.33. The minimum atomic E-state index is -3.07. The number of hydrogen-bond acceptors (Lipinski definition) is 5. The maximum Gasteiger partial charge on any atom is 0.255 e. The highest BCUT2D eigenvalue weighted by molar-refractivity contribution is 7.91. The van der Waals surface area contributed by atoms with Gasteiger partial charge in [0.05, 0.1) is 22.6 Å². The molecule has 0 aromatic carbocycles.